The SMILES string of the molecule is C=C[C@H](O[Si](C(C)C)(C(C)C)C(C)C)[C@@H](C=C)B1OC(c2ccc(F)cc2)(c2ccc(F)cc2)C(c2ccc(F)cc2)(c2ccc(F)cc2)O1. The molecule has 2 atom stereocenters. The van der Waals surface area contributed by atoms with E-state index in [1.807, 2.05) is 0 Å². The highest BCUT2D eigenvalue weighted by Crippen LogP contribution is 2.60. The minimum Gasteiger partial charge on any atom is -0.410 e. The molecule has 1 aliphatic rings. The third-order valence-electron chi connectivity index (χ3n) is 10.3. The van der Waals surface area contributed by atoms with E-state index in [0.29, 0.717) is 22.3 Å². The molecule has 9 heteroatoms. The van der Waals surface area contributed by atoms with Gasteiger partial charge in [0.15, 0.2) is 0 Å². The first-order chi connectivity index (χ1) is 23.8. The minimum absolute atomic E-state index is 0.260. The van der Waals surface area contributed by atoms with Crippen LogP contribution in [0.1, 0.15) is 63.8 Å². The molecule has 1 heterocycles. The smallest absolute Gasteiger partial charge is 0.410 e. The molecular weight excluding hydrogens is 655 g/mol. The van der Waals surface area contributed by atoms with Crippen LogP contribution in [-0.4, -0.2) is 21.5 Å². The topological polar surface area (TPSA) is 27.7 Å². The number of halogens is 4. The van der Waals surface area contributed by atoms with Gasteiger partial charge in [-0.2, -0.15) is 0 Å². The summed E-state index contributed by atoms with van der Waals surface area (Å²) in [5.41, 5.74) is -0.671. The van der Waals surface area contributed by atoms with E-state index in [9.17, 15) is 17.6 Å². The molecule has 0 aromatic heterocycles. The molecule has 50 heavy (non-hydrogen) atoms. The molecule has 0 aliphatic carbocycles. The summed E-state index contributed by atoms with van der Waals surface area (Å²) in [6, 6.07) is 23.2. The maximum atomic E-state index is 14.6. The van der Waals surface area contributed by atoms with E-state index in [-0.39, 0.29) is 16.6 Å². The first kappa shape index (κ1) is 37.5. The zero-order chi connectivity index (χ0) is 36.4. The van der Waals surface area contributed by atoms with Gasteiger partial charge in [-0.25, -0.2) is 17.6 Å². The molecule has 0 bridgehead atoms. The maximum absolute atomic E-state index is 14.6. The van der Waals surface area contributed by atoms with Crippen LogP contribution < -0.4 is 0 Å². The Bertz CT molecular complexity index is 1540. The summed E-state index contributed by atoms with van der Waals surface area (Å²) in [7, 11) is -3.59. The normalized spacial score (nSPS) is 16.9. The largest absolute Gasteiger partial charge is 0.469 e. The van der Waals surface area contributed by atoms with Gasteiger partial charge in [-0.3, -0.25) is 0 Å². The van der Waals surface area contributed by atoms with Gasteiger partial charge >= 0.3 is 7.12 Å². The van der Waals surface area contributed by atoms with Crippen LogP contribution >= 0.6 is 0 Å². The maximum Gasteiger partial charge on any atom is 0.469 e. The van der Waals surface area contributed by atoms with Crippen molar-refractivity contribution in [3.63, 3.8) is 0 Å². The molecule has 0 unspecified atom stereocenters. The summed E-state index contributed by atoms with van der Waals surface area (Å²) in [5.74, 6) is -2.55. The number of benzene rings is 4. The van der Waals surface area contributed by atoms with Gasteiger partial charge in [0.1, 0.15) is 34.5 Å². The predicted octanol–water partition coefficient (Wildman–Crippen LogP) is 11.3. The van der Waals surface area contributed by atoms with Gasteiger partial charge in [0, 0.05) is 5.82 Å². The molecule has 3 nitrogen and oxygen atoms in total. The lowest BCUT2D eigenvalue weighted by Gasteiger charge is -2.46. The van der Waals surface area contributed by atoms with Crippen LogP contribution in [0.2, 0.25) is 22.4 Å². The second-order valence-electron chi connectivity index (χ2n) is 13.9. The summed E-state index contributed by atoms with van der Waals surface area (Å²) in [4.78, 5) is 0. The van der Waals surface area contributed by atoms with Crippen molar-refractivity contribution in [3.8, 4) is 0 Å². The van der Waals surface area contributed by atoms with Crippen LogP contribution in [0, 0.1) is 23.3 Å². The lowest BCUT2D eigenvalue weighted by atomic mass is 9.66. The molecule has 0 radical (unpaired) electrons. The van der Waals surface area contributed by atoms with E-state index in [1.165, 1.54) is 48.5 Å². The molecule has 4 aromatic carbocycles. The number of hydrogen-bond acceptors (Lipinski definition) is 3. The zero-order valence-corrected chi connectivity index (χ0v) is 30.5. The Labute approximate surface area is 295 Å². The predicted molar refractivity (Wildman–Crippen MR) is 195 cm³/mol. The molecule has 1 saturated heterocycles. The van der Waals surface area contributed by atoms with Crippen molar-refractivity contribution < 1.29 is 31.3 Å². The van der Waals surface area contributed by atoms with Crippen molar-refractivity contribution >= 4 is 15.4 Å². The fraction of sp³-hybridized carbons (Fsp3) is 0.317. The van der Waals surface area contributed by atoms with Gasteiger partial charge < -0.3 is 13.7 Å². The highest BCUT2D eigenvalue weighted by Gasteiger charge is 2.67. The summed E-state index contributed by atoms with van der Waals surface area (Å²) < 4.78 is 80.2. The Morgan fingerprint density at radius 3 is 1.04 bits per heavy atom. The highest BCUT2D eigenvalue weighted by molar-refractivity contribution is 6.77. The van der Waals surface area contributed by atoms with E-state index in [0.717, 1.165) is 0 Å². The first-order valence-electron chi connectivity index (χ1n) is 17.1. The van der Waals surface area contributed by atoms with E-state index in [4.69, 9.17) is 13.7 Å². The fourth-order valence-electron chi connectivity index (χ4n) is 8.18. The van der Waals surface area contributed by atoms with Crippen molar-refractivity contribution in [2.45, 2.75) is 81.3 Å². The van der Waals surface area contributed by atoms with E-state index in [2.05, 4.69) is 54.7 Å². The second kappa shape index (κ2) is 14.8. The van der Waals surface area contributed by atoms with Crippen LogP contribution in [0.15, 0.2) is 122 Å². The van der Waals surface area contributed by atoms with Gasteiger partial charge in [0.25, 0.3) is 0 Å². The molecule has 1 fully saturated rings. The van der Waals surface area contributed by atoms with E-state index >= 15 is 0 Å². The lowest BCUT2D eigenvalue weighted by molar-refractivity contribution is 0.00351. The molecule has 0 saturated carbocycles. The van der Waals surface area contributed by atoms with Gasteiger partial charge in [-0.1, -0.05) is 102 Å². The molecule has 0 N–H and O–H groups in total. The minimum atomic E-state index is -2.49. The highest BCUT2D eigenvalue weighted by atomic mass is 28.4. The third kappa shape index (κ3) is 6.34. The Morgan fingerprint density at radius 2 is 0.820 bits per heavy atom. The van der Waals surface area contributed by atoms with Crippen molar-refractivity contribution in [3.05, 3.63) is 168 Å². The Kier molecular flexibility index (Phi) is 11.1. The summed E-state index contributed by atoms with van der Waals surface area (Å²) in [6.07, 6.45) is 2.87. The molecule has 1 aliphatic heterocycles. The fourth-order valence-corrected chi connectivity index (χ4v) is 13.7. The van der Waals surface area contributed by atoms with Crippen LogP contribution in [0.25, 0.3) is 0 Å². The average Bonchev–Trinajstić information content (AvgIpc) is 3.44. The molecule has 0 spiro atoms. The van der Waals surface area contributed by atoms with Crippen LogP contribution in [0.3, 0.4) is 0 Å². The molecular formula is C41H45BF4O3Si. The molecule has 5 rings (SSSR count). The van der Waals surface area contributed by atoms with E-state index in [1.54, 1.807) is 60.7 Å². The molecule has 4 aromatic rings. The monoisotopic (exact) mass is 700 g/mol. The van der Waals surface area contributed by atoms with Gasteiger partial charge in [-0.15, -0.1) is 13.2 Å². The average molecular weight is 701 g/mol. The quantitative estimate of drug-likeness (QED) is 0.0789. The Morgan fingerprint density at radius 1 is 0.540 bits per heavy atom. The van der Waals surface area contributed by atoms with Gasteiger partial charge in [0.2, 0.25) is 8.32 Å². The zero-order valence-electron chi connectivity index (χ0n) is 29.5. The Hall–Kier alpha value is -3.76. The first-order valence-corrected chi connectivity index (χ1v) is 19.2. The van der Waals surface area contributed by atoms with Gasteiger partial charge in [-0.05, 0) is 87.4 Å². The third-order valence-corrected chi connectivity index (χ3v) is 16.4. The molecule has 262 valence electrons. The Balaban J connectivity index is 1.85. The van der Waals surface area contributed by atoms with Crippen molar-refractivity contribution in [2.24, 2.45) is 0 Å². The second-order valence-corrected chi connectivity index (χ2v) is 19.3. The van der Waals surface area contributed by atoms with E-state index < -0.39 is 61.8 Å². The summed E-state index contributed by atoms with van der Waals surface area (Å²) in [6.45, 7) is 21.5. The van der Waals surface area contributed by atoms with Crippen LogP contribution in [0.4, 0.5) is 17.6 Å². The standard InChI is InChI=1S/C41H45BF4O3Si/c1-9-38(39(10-2)47-50(27(3)4,28(5)6)29(7)8)42-48-40(30-11-19-34(43)20-12-30,31-13-21-35(44)22-14-31)41(49-42,32-15-23-36(45)24-16-32)33-17-25-37(46)26-18-33/h9-29,38-39H,1-2H2,3-8H3/t38-,39+/m1/s1. The summed E-state index contributed by atoms with van der Waals surface area (Å²) >= 11 is 0. The van der Waals surface area contributed by atoms with Crippen molar-refractivity contribution in [2.75, 3.05) is 0 Å². The van der Waals surface area contributed by atoms with Gasteiger partial charge in [0.05, 0.1) is 6.10 Å². The number of hydrogen-bond donors (Lipinski definition) is 0. The van der Waals surface area contributed by atoms with Crippen molar-refractivity contribution in [1.29, 1.82) is 0 Å². The van der Waals surface area contributed by atoms with Crippen LogP contribution in [0.5, 0.6) is 0 Å². The lowest BCUT2D eigenvalue weighted by Crippen LogP contribution is -2.51. The van der Waals surface area contributed by atoms with Crippen LogP contribution in [-0.2, 0) is 24.9 Å². The number of rotatable bonds is 13. The summed E-state index contributed by atoms with van der Waals surface area (Å²) in [5, 5.41) is 0. The van der Waals surface area contributed by atoms with Crippen molar-refractivity contribution in [1.82, 2.24) is 0 Å². The molecule has 0 amide bonds.